The molecule has 1 aromatic carbocycles. The summed E-state index contributed by atoms with van der Waals surface area (Å²) in [5.74, 6) is 0. The van der Waals surface area contributed by atoms with Crippen molar-refractivity contribution in [3.05, 3.63) is 33.8 Å². The molecule has 0 saturated carbocycles. The Morgan fingerprint density at radius 1 is 1.42 bits per heavy atom. The van der Waals surface area contributed by atoms with Gasteiger partial charge in [0.15, 0.2) is 0 Å². The standard InChI is InChI=1S/C8H6Cl2O2/c9-7-1-2-8(10)6(3-7)4-12-5-11/h1-3,5H,4H2. The maximum Gasteiger partial charge on any atom is 0.293 e. The van der Waals surface area contributed by atoms with Crippen molar-refractivity contribution in [1.29, 1.82) is 0 Å². The van der Waals surface area contributed by atoms with Gasteiger partial charge in [-0.2, -0.15) is 0 Å². The van der Waals surface area contributed by atoms with Crippen LogP contribution >= 0.6 is 23.2 Å². The van der Waals surface area contributed by atoms with Crippen molar-refractivity contribution in [3.63, 3.8) is 0 Å². The van der Waals surface area contributed by atoms with Gasteiger partial charge in [0.2, 0.25) is 0 Å². The molecule has 0 N–H and O–H groups in total. The van der Waals surface area contributed by atoms with E-state index in [9.17, 15) is 4.79 Å². The van der Waals surface area contributed by atoms with Gasteiger partial charge in [0.05, 0.1) is 0 Å². The van der Waals surface area contributed by atoms with Gasteiger partial charge >= 0.3 is 0 Å². The molecule has 0 radical (unpaired) electrons. The molecule has 0 atom stereocenters. The minimum Gasteiger partial charge on any atom is -0.463 e. The molecule has 4 heteroatoms. The number of benzene rings is 1. The van der Waals surface area contributed by atoms with Crippen LogP contribution in [0.5, 0.6) is 0 Å². The first-order chi connectivity index (χ1) is 5.74. The van der Waals surface area contributed by atoms with E-state index in [-0.39, 0.29) is 6.61 Å². The summed E-state index contributed by atoms with van der Waals surface area (Å²) in [5.41, 5.74) is 0.705. The van der Waals surface area contributed by atoms with E-state index in [4.69, 9.17) is 23.2 Å². The number of halogens is 2. The molecule has 2 nitrogen and oxygen atoms in total. The normalized spacial score (nSPS) is 9.50. The molecule has 0 bridgehead atoms. The van der Waals surface area contributed by atoms with Gasteiger partial charge in [0, 0.05) is 15.6 Å². The zero-order valence-electron chi connectivity index (χ0n) is 6.09. The number of rotatable bonds is 3. The first kappa shape index (κ1) is 9.36. The molecule has 64 valence electrons. The Balaban J connectivity index is 2.82. The van der Waals surface area contributed by atoms with E-state index in [1.807, 2.05) is 0 Å². The summed E-state index contributed by atoms with van der Waals surface area (Å²) in [5, 5.41) is 1.12. The molecule has 0 aliphatic rings. The molecular formula is C8H6Cl2O2. The van der Waals surface area contributed by atoms with Crippen molar-refractivity contribution in [1.82, 2.24) is 0 Å². The first-order valence-corrected chi connectivity index (χ1v) is 3.99. The fourth-order valence-corrected chi connectivity index (χ4v) is 1.14. The van der Waals surface area contributed by atoms with Gasteiger partial charge in [-0.1, -0.05) is 23.2 Å². The smallest absolute Gasteiger partial charge is 0.293 e. The quantitative estimate of drug-likeness (QED) is 0.709. The molecule has 0 amide bonds. The summed E-state index contributed by atoms with van der Waals surface area (Å²) < 4.78 is 4.53. The highest BCUT2D eigenvalue weighted by molar-refractivity contribution is 6.33. The Morgan fingerprint density at radius 3 is 2.83 bits per heavy atom. The molecule has 1 rings (SSSR count). The Morgan fingerprint density at radius 2 is 2.17 bits per heavy atom. The third kappa shape index (κ3) is 2.40. The molecular weight excluding hydrogens is 199 g/mol. The van der Waals surface area contributed by atoms with E-state index >= 15 is 0 Å². The maximum atomic E-state index is 9.88. The highest BCUT2D eigenvalue weighted by Crippen LogP contribution is 2.20. The summed E-state index contributed by atoms with van der Waals surface area (Å²) in [6, 6.07) is 5.00. The average Bonchev–Trinajstić information content (AvgIpc) is 2.07. The van der Waals surface area contributed by atoms with Crippen molar-refractivity contribution < 1.29 is 9.53 Å². The molecule has 0 aromatic heterocycles. The molecule has 0 aliphatic heterocycles. The van der Waals surface area contributed by atoms with Gasteiger partial charge in [0.25, 0.3) is 6.47 Å². The topological polar surface area (TPSA) is 26.3 Å². The Kier molecular flexibility index (Phi) is 3.38. The van der Waals surface area contributed by atoms with Crippen molar-refractivity contribution >= 4 is 29.7 Å². The van der Waals surface area contributed by atoms with Gasteiger partial charge < -0.3 is 4.74 Å². The van der Waals surface area contributed by atoms with E-state index in [1.54, 1.807) is 18.2 Å². The van der Waals surface area contributed by atoms with Crippen LogP contribution in [0.4, 0.5) is 0 Å². The fraction of sp³-hybridized carbons (Fsp3) is 0.125. The second kappa shape index (κ2) is 4.33. The molecule has 0 unspecified atom stereocenters. The largest absolute Gasteiger partial charge is 0.463 e. The molecule has 0 fully saturated rings. The van der Waals surface area contributed by atoms with Crippen LogP contribution in [0.3, 0.4) is 0 Å². The van der Waals surface area contributed by atoms with Crippen LogP contribution in [-0.4, -0.2) is 6.47 Å². The lowest BCUT2D eigenvalue weighted by molar-refractivity contribution is -0.129. The lowest BCUT2D eigenvalue weighted by atomic mass is 10.2. The van der Waals surface area contributed by atoms with Gasteiger partial charge in [-0.25, -0.2) is 0 Å². The second-order valence-corrected chi connectivity index (χ2v) is 2.99. The monoisotopic (exact) mass is 204 g/mol. The SMILES string of the molecule is O=COCc1cc(Cl)ccc1Cl. The number of hydrogen-bond acceptors (Lipinski definition) is 2. The number of carbonyl (C=O) groups excluding carboxylic acids is 1. The molecule has 0 heterocycles. The summed E-state index contributed by atoms with van der Waals surface area (Å²) in [6.07, 6.45) is 0. The molecule has 0 spiro atoms. The van der Waals surface area contributed by atoms with Crippen molar-refractivity contribution in [3.8, 4) is 0 Å². The third-order valence-corrected chi connectivity index (χ3v) is 1.92. The van der Waals surface area contributed by atoms with Crippen molar-refractivity contribution in [2.75, 3.05) is 0 Å². The van der Waals surface area contributed by atoms with Crippen LogP contribution in [0.25, 0.3) is 0 Å². The molecule has 0 saturated heterocycles. The third-order valence-electron chi connectivity index (χ3n) is 1.31. The van der Waals surface area contributed by atoms with Gasteiger partial charge in [-0.05, 0) is 18.2 Å². The maximum absolute atomic E-state index is 9.88. The van der Waals surface area contributed by atoms with Crippen LogP contribution in [-0.2, 0) is 16.1 Å². The number of hydrogen-bond donors (Lipinski definition) is 0. The molecule has 12 heavy (non-hydrogen) atoms. The van der Waals surface area contributed by atoms with E-state index < -0.39 is 0 Å². The number of ether oxygens (including phenoxy) is 1. The van der Waals surface area contributed by atoms with E-state index in [0.717, 1.165) is 0 Å². The fourth-order valence-electron chi connectivity index (χ4n) is 0.778. The molecule has 0 aliphatic carbocycles. The lowest BCUT2D eigenvalue weighted by Crippen LogP contribution is -1.90. The summed E-state index contributed by atoms with van der Waals surface area (Å²) in [6.45, 7) is 0.528. The highest BCUT2D eigenvalue weighted by Gasteiger charge is 2.00. The lowest BCUT2D eigenvalue weighted by Gasteiger charge is -2.02. The van der Waals surface area contributed by atoms with Crippen molar-refractivity contribution in [2.45, 2.75) is 6.61 Å². The van der Waals surface area contributed by atoms with Crippen LogP contribution < -0.4 is 0 Å². The van der Waals surface area contributed by atoms with E-state index in [1.165, 1.54) is 0 Å². The van der Waals surface area contributed by atoms with E-state index in [0.29, 0.717) is 22.1 Å². The van der Waals surface area contributed by atoms with Crippen LogP contribution in [0, 0.1) is 0 Å². The predicted molar refractivity (Wildman–Crippen MR) is 47.3 cm³/mol. The van der Waals surface area contributed by atoms with E-state index in [2.05, 4.69) is 4.74 Å². The van der Waals surface area contributed by atoms with Crippen molar-refractivity contribution in [2.24, 2.45) is 0 Å². The Labute approximate surface area is 80.0 Å². The zero-order chi connectivity index (χ0) is 8.97. The summed E-state index contributed by atoms with van der Waals surface area (Å²) >= 11 is 11.5. The minimum atomic E-state index is 0.156. The Bertz CT molecular complexity index is 286. The number of carbonyl (C=O) groups is 1. The average molecular weight is 205 g/mol. The molecule has 1 aromatic rings. The zero-order valence-corrected chi connectivity index (χ0v) is 7.60. The Hall–Kier alpha value is -0.730. The predicted octanol–water partition coefficient (Wildman–Crippen LogP) is 2.67. The summed E-state index contributed by atoms with van der Waals surface area (Å²) in [7, 11) is 0. The van der Waals surface area contributed by atoms with Gasteiger partial charge in [-0.3, -0.25) is 4.79 Å². The van der Waals surface area contributed by atoms with Gasteiger partial charge in [-0.15, -0.1) is 0 Å². The minimum absolute atomic E-state index is 0.156. The summed E-state index contributed by atoms with van der Waals surface area (Å²) in [4.78, 5) is 9.88. The first-order valence-electron chi connectivity index (χ1n) is 3.23. The highest BCUT2D eigenvalue weighted by atomic mass is 35.5. The van der Waals surface area contributed by atoms with Gasteiger partial charge in [0.1, 0.15) is 6.61 Å². The van der Waals surface area contributed by atoms with Crippen LogP contribution in [0.2, 0.25) is 10.0 Å². The van der Waals surface area contributed by atoms with Crippen LogP contribution in [0.15, 0.2) is 18.2 Å². The van der Waals surface area contributed by atoms with Crippen LogP contribution in [0.1, 0.15) is 5.56 Å². The second-order valence-electron chi connectivity index (χ2n) is 2.14.